The van der Waals surface area contributed by atoms with Gasteiger partial charge >= 0.3 is 6.09 Å². The number of fused-ring (bicyclic) bond motifs is 3. The molecule has 3 aliphatic carbocycles. The lowest BCUT2D eigenvalue weighted by molar-refractivity contribution is -0.148. The molecule has 7 N–H and O–H groups in total. The molecule has 0 saturated carbocycles. The van der Waals surface area contributed by atoms with Crippen molar-refractivity contribution >= 4 is 23.6 Å². The summed E-state index contributed by atoms with van der Waals surface area (Å²) in [4.78, 5) is 52.9. The van der Waals surface area contributed by atoms with E-state index >= 15 is 0 Å². The maximum absolute atomic E-state index is 13.7. The number of nitrogens with one attached hydrogen (secondary N) is 1. The Hall–Kier alpha value is -3.90. The molecule has 4 rings (SSSR count). The molecule has 12 heteroatoms. The van der Waals surface area contributed by atoms with Crippen LogP contribution in [0.1, 0.15) is 48.7 Å². The molecule has 3 aliphatic rings. The first kappa shape index (κ1) is 29.1. The Morgan fingerprint density at radius 1 is 1.18 bits per heavy atom. The predicted molar refractivity (Wildman–Crippen MR) is 141 cm³/mol. The van der Waals surface area contributed by atoms with Gasteiger partial charge in [0.15, 0.2) is 11.4 Å². The maximum atomic E-state index is 13.7. The first-order valence-electron chi connectivity index (χ1n) is 12.9. The van der Waals surface area contributed by atoms with Gasteiger partial charge in [-0.1, -0.05) is 26.8 Å². The summed E-state index contributed by atoms with van der Waals surface area (Å²) in [6.45, 7) is 5.93. The van der Waals surface area contributed by atoms with Crippen LogP contribution in [0, 0.1) is 17.3 Å². The minimum absolute atomic E-state index is 0.00566. The number of allylic oxidation sites excluding steroid dienone is 1. The van der Waals surface area contributed by atoms with Crippen molar-refractivity contribution in [2.75, 3.05) is 20.7 Å². The van der Waals surface area contributed by atoms with Crippen LogP contribution in [-0.2, 0) is 27.3 Å². The van der Waals surface area contributed by atoms with Gasteiger partial charge in [0.2, 0.25) is 5.78 Å². The van der Waals surface area contributed by atoms with Gasteiger partial charge in [0, 0.05) is 18.0 Å². The van der Waals surface area contributed by atoms with E-state index in [1.807, 2.05) is 20.8 Å². The lowest BCUT2D eigenvalue weighted by atomic mass is 9.58. The number of Topliss-reactive ketones (excluding diaryl/α,β-unsaturated/α-hetero) is 2. The molecule has 0 saturated heterocycles. The first-order chi connectivity index (χ1) is 18.5. The van der Waals surface area contributed by atoms with E-state index in [2.05, 4.69) is 5.32 Å². The third kappa shape index (κ3) is 4.60. The fourth-order valence-electron chi connectivity index (χ4n) is 5.98. The summed E-state index contributed by atoms with van der Waals surface area (Å²) in [7, 11) is 3.13. The summed E-state index contributed by atoms with van der Waals surface area (Å²) >= 11 is 0. The molecule has 1 aromatic rings. The second-order valence-electron chi connectivity index (χ2n) is 12.1. The minimum atomic E-state index is -2.70. The van der Waals surface area contributed by atoms with Crippen LogP contribution in [0.3, 0.4) is 0 Å². The number of rotatable bonds is 5. The number of alkyl carbamates (subject to hydrolysis) is 1. The van der Waals surface area contributed by atoms with Gasteiger partial charge in [0.25, 0.3) is 5.91 Å². The number of nitrogens with two attached hydrogens (primary N) is 1. The summed E-state index contributed by atoms with van der Waals surface area (Å²) in [5.74, 6) is -7.13. The Balaban J connectivity index is 1.76. The fourth-order valence-corrected chi connectivity index (χ4v) is 5.98. The largest absolute Gasteiger partial charge is 0.510 e. The van der Waals surface area contributed by atoms with E-state index in [0.717, 1.165) is 0 Å². The molecule has 0 heterocycles. The SMILES string of the molecule is CN(C)C1C(O)=C(C(N)=O)C(=O)C2(O)C(O)=C3C(=O)c4c(O)ccc(CNC(=O)OCC(C)(C)C)c4CC3CC12. The smallest absolute Gasteiger partial charge is 0.407 e. The molecule has 0 aliphatic heterocycles. The van der Waals surface area contributed by atoms with Gasteiger partial charge in [-0.25, -0.2) is 4.79 Å². The van der Waals surface area contributed by atoms with Crippen molar-refractivity contribution in [2.24, 2.45) is 23.0 Å². The van der Waals surface area contributed by atoms with Crippen molar-refractivity contribution in [3.8, 4) is 5.75 Å². The number of carbonyl (C=O) groups excluding carboxylic acids is 4. The number of nitrogens with zero attached hydrogens (tertiary/aromatic N) is 1. The first-order valence-corrected chi connectivity index (χ1v) is 12.9. The number of phenolic OH excluding ortho intramolecular Hbond substituents is 1. The second kappa shape index (κ2) is 9.93. The number of phenols is 1. The Bertz CT molecular complexity index is 1370. The summed E-state index contributed by atoms with van der Waals surface area (Å²) in [6, 6.07) is 1.78. The zero-order valence-corrected chi connectivity index (χ0v) is 23.1. The minimum Gasteiger partial charge on any atom is -0.510 e. The van der Waals surface area contributed by atoms with Crippen molar-refractivity contribution in [2.45, 2.75) is 51.8 Å². The molecule has 0 radical (unpaired) electrons. The van der Waals surface area contributed by atoms with Gasteiger partial charge in [-0.05, 0) is 55.5 Å². The average molecular weight is 558 g/mol. The molecule has 216 valence electrons. The lowest BCUT2D eigenvalue weighted by Crippen LogP contribution is -2.63. The van der Waals surface area contributed by atoms with Crippen LogP contribution in [0.4, 0.5) is 4.79 Å². The van der Waals surface area contributed by atoms with Gasteiger partial charge in [-0.3, -0.25) is 19.3 Å². The molecule has 0 spiro atoms. The van der Waals surface area contributed by atoms with Crippen LogP contribution in [0.5, 0.6) is 5.75 Å². The normalized spacial score (nSPS) is 26.3. The third-order valence-electron chi connectivity index (χ3n) is 7.76. The third-order valence-corrected chi connectivity index (χ3v) is 7.76. The van der Waals surface area contributed by atoms with Crippen molar-refractivity contribution < 1.29 is 44.3 Å². The Morgan fingerprint density at radius 3 is 2.40 bits per heavy atom. The highest BCUT2D eigenvalue weighted by atomic mass is 16.5. The van der Waals surface area contributed by atoms with E-state index in [-0.39, 0.29) is 48.3 Å². The van der Waals surface area contributed by atoms with Crippen LogP contribution in [-0.4, -0.2) is 81.2 Å². The molecular formula is C28H35N3O9. The van der Waals surface area contributed by atoms with Crippen molar-refractivity contribution in [1.82, 2.24) is 10.2 Å². The number of amides is 2. The van der Waals surface area contributed by atoms with Crippen molar-refractivity contribution in [3.63, 3.8) is 0 Å². The molecule has 12 nitrogen and oxygen atoms in total. The second-order valence-corrected chi connectivity index (χ2v) is 12.1. The molecule has 1 aromatic carbocycles. The highest BCUT2D eigenvalue weighted by molar-refractivity contribution is 6.24. The van der Waals surface area contributed by atoms with Crippen LogP contribution in [0.2, 0.25) is 0 Å². The maximum Gasteiger partial charge on any atom is 0.407 e. The summed E-state index contributed by atoms with van der Waals surface area (Å²) in [5, 5.41) is 47.1. The topological polar surface area (TPSA) is 200 Å². The van der Waals surface area contributed by atoms with Crippen LogP contribution in [0.25, 0.3) is 0 Å². The molecule has 0 aromatic heterocycles. The number of aromatic hydroxyl groups is 1. The van der Waals surface area contributed by atoms with E-state index in [9.17, 15) is 39.6 Å². The molecule has 4 unspecified atom stereocenters. The zero-order valence-electron chi connectivity index (χ0n) is 23.1. The molecule has 2 amide bonds. The van der Waals surface area contributed by atoms with Gasteiger partial charge in [-0.2, -0.15) is 0 Å². The van der Waals surface area contributed by atoms with E-state index in [0.29, 0.717) is 11.1 Å². The number of aliphatic hydroxyl groups is 3. The van der Waals surface area contributed by atoms with E-state index in [1.54, 1.807) is 20.2 Å². The standard InChI is InChI=1S/C28H35N3O9/c1-27(2,3)11-40-26(38)30-10-12-6-7-16(32)18-14(12)8-13-9-15-20(31(4)5)22(34)19(25(29)37)24(36)28(15,39)23(35)17(13)21(18)33/h6-7,13,15,20,32,34-35,39H,8-11H2,1-5H3,(H2,29,37)(H,30,38). The number of hydrogen-bond donors (Lipinski definition) is 6. The molecular weight excluding hydrogens is 522 g/mol. The number of carbonyl (C=O) groups is 4. The summed E-state index contributed by atoms with van der Waals surface area (Å²) < 4.78 is 5.24. The van der Waals surface area contributed by atoms with Crippen molar-refractivity contribution in [3.05, 3.63) is 51.5 Å². The Morgan fingerprint density at radius 2 is 1.82 bits per heavy atom. The van der Waals surface area contributed by atoms with Gasteiger partial charge in [0.1, 0.15) is 22.8 Å². The number of likely N-dealkylation sites (N-methyl/N-ethyl adjacent to an activating group) is 1. The Kier molecular flexibility index (Phi) is 7.22. The highest BCUT2D eigenvalue weighted by Crippen LogP contribution is 2.52. The summed E-state index contributed by atoms with van der Waals surface area (Å²) in [5.41, 5.74) is 2.16. The summed E-state index contributed by atoms with van der Waals surface area (Å²) in [6.07, 6.45) is -0.555. The van der Waals surface area contributed by atoms with Crippen LogP contribution < -0.4 is 11.1 Å². The van der Waals surface area contributed by atoms with E-state index in [1.165, 1.54) is 11.0 Å². The zero-order chi connectivity index (χ0) is 29.9. The number of primary amides is 1. The fraction of sp³-hybridized carbons (Fsp3) is 0.500. The monoisotopic (exact) mass is 557 g/mol. The van der Waals surface area contributed by atoms with Gasteiger partial charge in [0.05, 0.1) is 18.2 Å². The van der Waals surface area contributed by atoms with E-state index < -0.39 is 64.1 Å². The van der Waals surface area contributed by atoms with Crippen molar-refractivity contribution in [1.29, 1.82) is 0 Å². The highest BCUT2D eigenvalue weighted by Gasteiger charge is 2.63. The number of ketones is 2. The predicted octanol–water partition coefficient (Wildman–Crippen LogP) is 1.39. The number of aliphatic hydroxyl groups excluding tert-OH is 2. The number of benzene rings is 1. The van der Waals surface area contributed by atoms with Crippen LogP contribution >= 0.6 is 0 Å². The van der Waals surface area contributed by atoms with E-state index in [4.69, 9.17) is 10.5 Å². The van der Waals surface area contributed by atoms with Gasteiger partial charge in [-0.15, -0.1) is 0 Å². The molecule has 0 bridgehead atoms. The number of ether oxygens (including phenoxy) is 1. The molecule has 4 atom stereocenters. The lowest BCUT2D eigenvalue weighted by Gasteiger charge is -2.50. The van der Waals surface area contributed by atoms with Gasteiger partial charge < -0.3 is 36.2 Å². The quantitative estimate of drug-likeness (QED) is 0.287. The Labute approximate surface area is 231 Å². The molecule has 0 fully saturated rings. The molecule has 40 heavy (non-hydrogen) atoms. The number of hydrogen-bond acceptors (Lipinski definition) is 10. The average Bonchev–Trinajstić information content (AvgIpc) is 2.83. The van der Waals surface area contributed by atoms with Crippen LogP contribution in [0.15, 0.2) is 34.8 Å².